The summed E-state index contributed by atoms with van der Waals surface area (Å²) in [7, 11) is 0. The van der Waals surface area contributed by atoms with Gasteiger partial charge in [-0.15, -0.1) is 0 Å². The number of furan rings is 2. The minimum atomic E-state index is 0.900. The number of hydrogen-bond acceptors (Lipinski definition) is 3. The van der Waals surface area contributed by atoms with Crippen LogP contribution in [0, 0.1) is 0 Å². The Bertz CT molecular complexity index is 3860. The van der Waals surface area contributed by atoms with Crippen LogP contribution in [0.4, 0.5) is 17.1 Å². The zero-order valence-electron chi connectivity index (χ0n) is 34.7. The van der Waals surface area contributed by atoms with Crippen molar-refractivity contribution in [3.05, 3.63) is 231 Å². The highest BCUT2D eigenvalue weighted by Crippen LogP contribution is 2.42. The molecule has 0 fully saturated rings. The van der Waals surface area contributed by atoms with Gasteiger partial charge in [0.2, 0.25) is 0 Å². The molecule has 0 N–H and O–H groups in total. The van der Waals surface area contributed by atoms with Crippen molar-refractivity contribution in [3.8, 4) is 39.1 Å². The number of rotatable bonds is 7. The summed E-state index contributed by atoms with van der Waals surface area (Å²) in [6, 6.07) is 82.1. The maximum atomic E-state index is 6.59. The number of fused-ring (bicyclic) bond motifs is 10. The van der Waals surface area contributed by atoms with Crippen LogP contribution < -0.4 is 4.90 Å². The van der Waals surface area contributed by atoms with Gasteiger partial charge < -0.3 is 18.3 Å². The molecule has 4 heteroatoms. The Hall–Kier alpha value is -8.60. The van der Waals surface area contributed by atoms with Crippen LogP contribution in [-0.4, -0.2) is 4.57 Å². The Morgan fingerprint density at radius 1 is 0.297 bits per heavy atom. The molecule has 0 saturated carbocycles. The van der Waals surface area contributed by atoms with E-state index in [9.17, 15) is 0 Å². The molecular formula is C60H38N2O2. The molecule has 64 heavy (non-hydrogen) atoms. The van der Waals surface area contributed by atoms with Gasteiger partial charge >= 0.3 is 0 Å². The lowest BCUT2D eigenvalue weighted by molar-refractivity contribution is 0.670. The van der Waals surface area contributed by atoms with Crippen LogP contribution >= 0.6 is 0 Å². The molecule has 300 valence electrons. The van der Waals surface area contributed by atoms with Crippen LogP contribution in [0.15, 0.2) is 239 Å². The van der Waals surface area contributed by atoms with E-state index < -0.39 is 0 Å². The number of aromatic nitrogens is 1. The summed E-state index contributed by atoms with van der Waals surface area (Å²) >= 11 is 0. The lowest BCUT2D eigenvalue weighted by Crippen LogP contribution is -2.09. The average molecular weight is 819 g/mol. The van der Waals surface area contributed by atoms with Crippen LogP contribution in [0.25, 0.3) is 105 Å². The summed E-state index contributed by atoms with van der Waals surface area (Å²) in [6.45, 7) is 0. The fourth-order valence-electron chi connectivity index (χ4n) is 9.75. The lowest BCUT2D eigenvalue weighted by Gasteiger charge is -2.26. The van der Waals surface area contributed by atoms with Gasteiger partial charge in [0, 0.05) is 60.6 Å². The van der Waals surface area contributed by atoms with Crippen LogP contribution in [0.1, 0.15) is 0 Å². The Labute approximate surface area is 369 Å². The lowest BCUT2D eigenvalue weighted by atomic mass is 10.0. The predicted octanol–water partition coefficient (Wildman–Crippen LogP) is 17.1. The summed E-state index contributed by atoms with van der Waals surface area (Å²) in [5, 5.41) is 6.90. The van der Waals surface area contributed by atoms with Crippen molar-refractivity contribution < 1.29 is 8.83 Å². The Morgan fingerprint density at radius 3 is 1.38 bits per heavy atom. The molecule has 0 spiro atoms. The first kappa shape index (κ1) is 36.1. The van der Waals surface area contributed by atoms with E-state index in [1.165, 1.54) is 21.9 Å². The highest BCUT2D eigenvalue weighted by atomic mass is 16.3. The molecule has 3 aromatic heterocycles. The van der Waals surface area contributed by atoms with E-state index in [0.717, 1.165) is 99.9 Å². The van der Waals surface area contributed by atoms with E-state index in [-0.39, 0.29) is 0 Å². The molecule has 0 amide bonds. The Kier molecular flexibility index (Phi) is 8.18. The average Bonchev–Trinajstić information content (AvgIpc) is 4.05. The van der Waals surface area contributed by atoms with Gasteiger partial charge in [0.1, 0.15) is 16.7 Å². The third-order valence-electron chi connectivity index (χ3n) is 12.8. The van der Waals surface area contributed by atoms with Gasteiger partial charge in [-0.2, -0.15) is 0 Å². The van der Waals surface area contributed by atoms with Gasteiger partial charge in [-0.1, -0.05) is 158 Å². The van der Waals surface area contributed by atoms with Crippen molar-refractivity contribution in [3.63, 3.8) is 0 Å². The van der Waals surface area contributed by atoms with E-state index in [1.54, 1.807) is 0 Å². The second-order valence-corrected chi connectivity index (χ2v) is 16.5. The summed E-state index contributed by atoms with van der Waals surface area (Å²) in [5.41, 5.74) is 17.0. The van der Waals surface area contributed by atoms with E-state index in [4.69, 9.17) is 8.83 Å². The summed E-state index contributed by atoms with van der Waals surface area (Å²) in [6.07, 6.45) is 0. The normalized spacial score (nSPS) is 11.8. The molecule has 0 unspecified atom stereocenters. The van der Waals surface area contributed by atoms with Gasteiger partial charge in [-0.3, -0.25) is 0 Å². The monoisotopic (exact) mass is 818 g/mol. The minimum Gasteiger partial charge on any atom is -0.455 e. The standard InChI is InChI=1S/C60H38N2O2/c1-2-11-39(12-3-1)40-21-29-44(30-22-40)61(46-35-27-43(28-36-46)48-16-10-17-53-50-14-5-8-19-56(50)63-59(48)53)45-31-23-41(24-32-45)42-25-33-47(34-26-42)62-55-18-7-4-13-49(55)52-37-38-54-51-15-6-9-20-57(51)64-60(54)58(52)62/h1-38H. The Morgan fingerprint density at radius 2 is 0.750 bits per heavy atom. The number of hydrogen-bond donors (Lipinski definition) is 0. The fraction of sp³-hybridized carbons (Fsp3) is 0. The first-order chi connectivity index (χ1) is 31.7. The maximum Gasteiger partial charge on any atom is 0.160 e. The molecular weight excluding hydrogens is 781 g/mol. The minimum absolute atomic E-state index is 0.900. The summed E-state index contributed by atoms with van der Waals surface area (Å²) < 4.78 is 15.4. The van der Waals surface area contributed by atoms with Gasteiger partial charge in [0.15, 0.2) is 5.58 Å². The number of nitrogens with zero attached hydrogens (tertiary/aromatic N) is 2. The van der Waals surface area contributed by atoms with E-state index >= 15 is 0 Å². The summed E-state index contributed by atoms with van der Waals surface area (Å²) in [4.78, 5) is 2.33. The molecule has 0 saturated heterocycles. The highest BCUT2D eigenvalue weighted by molar-refractivity contribution is 6.21. The molecule has 4 nitrogen and oxygen atoms in total. The van der Waals surface area contributed by atoms with Crippen LogP contribution in [0.2, 0.25) is 0 Å². The molecule has 0 bridgehead atoms. The maximum absolute atomic E-state index is 6.59. The van der Waals surface area contributed by atoms with Crippen LogP contribution in [0.3, 0.4) is 0 Å². The molecule has 3 heterocycles. The largest absolute Gasteiger partial charge is 0.455 e. The molecule has 0 aliphatic rings. The fourth-order valence-corrected chi connectivity index (χ4v) is 9.75. The number of anilines is 3. The van der Waals surface area contributed by atoms with Crippen molar-refractivity contribution in [2.45, 2.75) is 0 Å². The first-order valence-corrected chi connectivity index (χ1v) is 21.7. The predicted molar refractivity (Wildman–Crippen MR) is 266 cm³/mol. The van der Waals surface area contributed by atoms with Crippen molar-refractivity contribution in [1.29, 1.82) is 0 Å². The SMILES string of the molecule is c1ccc(-c2ccc(N(c3ccc(-c4ccc(-n5c6ccccc6c6ccc7c8ccccc8oc7c65)cc4)cc3)c3ccc(-c4cccc5c4oc4ccccc45)cc3)cc2)cc1. The van der Waals surface area contributed by atoms with Crippen LogP contribution in [0.5, 0.6) is 0 Å². The van der Waals surface area contributed by atoms with Crippen molar-refractivity contribution in [2.24, 2.45) is 0 Å². The quantitative estimate of drug-likeness (QED) is 0.161. The number of benzene rings is 10. The van der Waals surface area contributed by atoms with Crippen LogP contribution in [-0.2, 0) is 0 Å². The van der Waals surface area contributed by atoms with E-state index in [0.29, 0.717) is 0 Å². The summed E-state index contributed by atoms with van der Waals surface area (Å²) in [5.74, 6) is 0. The molecule has 10 aromatic carbocycles. The topological polar surface area (TPSA) is 34.5 Å². The zero-order valence-corrected chi connectivity index (χ0v) is 34.7. The molecule has 0 aliphatic heterocycles. The van der Waals surface area contributed by atoms with Gasteiger partial charge in [-0.25, -0.2) is 0 Å². The first-order valence-electron chi connectivity index (χ1n) is 21.7. The third-order valence-corrected chi connectivity index (χ3v) is 12.8. The smallest absolute Gasteiger partial charge is 0.160 e. The zero-order chi connectivity index (χ0) is 42.1. The number of para-hydroxylation sites is 4. The van der Waals surface area contributed by atoms with Gasteiger partial charge in [-0.05, 0) is 101 Å². The Balaban J connectivity index is 0.868. The van der Waals surface area contributed by atoms with Gasteiger partial charge in [0.25, 0.3) is 0 Å². The van der Waals surface area contributed by atoms with Crippen molar-refractivity contribution in [2.75, 3.05) is 4.90 Å². The van der Waals surface area contributed by atoms with Gasteiger partial charge in [0.05, 0.1) is 11.0 Å². The highest BCUT2D eigenvalue weighted by Gasteiger charge is 2.20. The molecule has 13 rings (SSSR count). The van der Waals surface area contributed by atoms with Crippen molar-refractivity contribution >= 4 is 82.7 Å². The van der Waals surface area contributed by atoms with E-state index in [2.05, 4.69) is 222 Å². The molecule has 0 aliphatic carbocycles. The molecule has 0 radical (unpaired) electrons. The van der Waals surface area contributed by atoms with Crippen molar-refractivity contribution in [1.82, 2.24) is 4.57 Å². The third kappa shape index (κ3) is 5.77. The molecule has 13 aromatic rings. The molecule has 0 atom stereocenters. The van der Waals surface area contributed by atoms with E-state index in [1.807, 2.05) is 18.2 Å². The second-order valence-electron chi connectivity index (χ2n) is 16.5. The second kappa shape index (κ2) is 14.5.